The van der Waals surface area contributed by atoms with Crippen LogP contribution in [0.3, 0.4) is 0 Å². The molecule has 0 aliphatic rings. The Kier molecular flexibility index (Phi) is 5.00. The van der Waals surface area contributed by atoms with Gasteiger partial charge in [-0.2, -0.15) is 0 Å². The summed E-state index contributed by atoms with van der Waals surface area (Å²) in [5.41, 5.74) is -0.668. The molecule has 1 rings (SSSR count). The van der Waals surface area contributed by atoms with Crippen molar-refractivity contribution in [2.24, 2.45) is 0 Å². The highest BCUT2D eigenvalue weighted by atomic mass is 16.4. The molecule has 1 aromatic heterocycles. The van der Waals surface area contributed by atoms with Crippen LogP contribution < -0.4 is 5.32 Å². The number of hydrogen-bond acceptors (Lipinski definition) is 4. The third-order valence-electron chi connectivity index (χ3n) is 2.63. The first-order valence-corrected chi connectivity index (χ1v) is 6.05. The molecule has 6 nitrogen and oxygen atoms in total. The highest BCUT2D eigenvalue weighted by molar-refractivity contribution is 5.96. The topological polar surface area (TPSA) is 99.5 Å². The first-order valence-electron chi connectivity index (χ1n) is 6.05. The van der Waals surface area contributed by atoms with E-state index in [0.717, 1.165) is 0 Å². The van der Waals surface area contributed by atoms with Crippen LogP contribution in [0.1, 0.15) is 32.4 Å². The van der Waals surface area contributed by atoms with E-state index >= 15 is 0 Å². The van der Waals surface area contributed by atoms with Gasteiger partial charge in [-0.1, -0.05) is 13.3 Å². The molecule has 1 aromatic rings. The largest absolute Gasteiger partial charge is 0.481 e. The first-order chi connectivity index (χ1) is 8.85. The standard InChI is InChI=1S/C13H18N2O4/c1-3-5-13(2,19)12(18)15-9-4-6-14-10(7-9)8-11(16)17/h4,6-7,19H,3,5,8H2,1-2H3,(H,16,17)(H,14,15,18). The zero-order valence-corrected chi connectivity index (χ0v) is 11.0. The molecule has 104 valence electrons. The van der Waals surface area contributed by atoms with E-state index in [1.54, 1.807) is 6.07 Å². The number of hydrogen-bond donors (Lipinski definition) is 3. The summed E-state index contributed by atoms with van der Waals surface area (Å²) in [6, 6.07) is 3.03. The fourth-order valence-corrected chi connectivity index (χ4v) is 1.67. The minimum Gasteiger partial charge on any atom is -0.481 e. The summed E-state index contributed by atoms with van der Waals surface area (Å²) in [5.74, 6) is -1.50. The monoisotopic (exact) mass is 266 g/mol. The smallest absolute Gasteiger partial charge is 0.309 e. The maximum absolute atomic E-state index is 11.9. The van der Waals surface area contributed by atoms with Gasteiger partial charge in [-0.3, -0.25) is 14.6 Å². The van der Waals surface area contributed by atoms with Crippen LogP contribution in [0.25, 0.3) is 0 Å². The molecule has 0 aliphatic carbocycles. The summed E-state index contributed by atoms with van der Waals surface area (Å²) in [4.78, 5) is 26.3. The molecule has 0 radical (unpaired) electrons. The second-order valence-electron chi connectivity index (χ2n) is 4.58. The van der Waals surface area contributed by atoms with E-state index in [2.05, 4.69) is 10.3 Å². The molecule has 0 bridgehead atoms. The zero-order chi connectivity index (χ0) is 14.5. The second-order valence-corrected chi connectivity index (χ2v) is 4.58. The third kappa shape index (κ3) is 4.67. The van der Waals surface area contributed by atoms with Crippen molar-refractivity contribution < 1.29 is 19.8 Å². The SMILES string of the molecule is CCCC(C)(O)C(=O)Nc1ccnc(CC(=O)O)c1. The van der Waals surface area contributed by atoms with Crippen LogP contribution in [-0.2, 0) is 16.0 Å². The summed E-state index contributed by atoms with van der Waals surface area (Å²) >= 11 is 0. The minimum absolute atomic E-state index is 0.213. The maximum Gasteiger partial charge on any atom is 0.309 e. The van der Waals surface area contributed by atoms with Gasteiger partial charge in [0.2, 0.25) is 0 Å². The maximum atomic E-state index is 11.9. The Morgan fingerprint density at radius 2 is 2.16 bits per heavy atom. The number of carboxylic acids is 1. The van der Waals surface area contributed by atoms with Gasteiger partial charge in [-0.15, -0.1) is 0 Å². The van der Waals surface area contributed by atoms with Crippen LogP contribution in [0.15, 0.2) is 18.3 Å². The number of pyridine rings is 1. The molecule has 0 aromatic carbocycles. The van der Waals surface area contributed by atoms with Crippen molar-refractivity contribution in [3.8, 4) is 0 Å². The number of nitrogens with zero attached hydrogens (tertiary/aromatic N) is 1. The third-order valence-corrected chi connectivity index (χ3v) is 2.63. The number of carbonyl (C=O) groups is 2. The molecule has 19 heavy (non-hydrogen) atoms. The zero-order valence-electron chi connectivity index (χ0n) is 11.0. The number of aliphatic carboxylic acids is 1. The second kappa shape index (κ2) is 6.29. The Labute approximate surface area is 111 Å². The molecule has 0 spiro atoms. The Morgan fingerprint density at radius 3 is 2.74 bits per heavy atom. The lowest BCUT2D eigenvalue weighted by molar-refractivity contribution is -0.136. The van der Waals surface area contributed by atoms with Gasteiger partial charge in [0.1, 0.15) is 5.60 Å². The van der Waals surface area contributed by atoms with Crippen molar-refractivity contribution in [1.29, 1.82) is 0 Å². The summed E-state index contributed by atoms with van der Waals surface area (Å²) in [7, 11) is 0. The molecule has 3 N–H and O–H groups in total. The summed E-state index contributed by atoms with van der Waals surface area (Å²) in [6.07, 6.45) is 2.24. The van der Waals surface area contributed by atoms with Gasteiger partial charge < -0.3 is 15.5 Å². The molecule has 0 saturated carbocycles. The quantitative estimate of drug-likeness (QED) is 0.718. The van der Waals surface area contributed by atoms with E-state index in [0.29, 0.717) is 24.2 Å². The Hall–Kier alpha value is -1.95. The van der Waals surface area contributed by atoms with Crippen LogP contribution in [-0.4, -0.2) is 32.7 Å². The van der Waals surface area contributed by atoms with E-state index in [9.17, 15) is 14.7 Å². The number of rotatable bonds is 6. The summed E-state index contributed by atoms with van der Waals surface area (Å²) in [6.45, 7) is 3.32. The molecular formula is C13H18N2O4. The molecule has 6 heteroatoms. The van der Waals surface area contributed by atoms with Gasteiger partial charge in [0.05, 0.1) is 12.1 Å². The molecule has 1 atom stereocenters. The van der Waals surface area contributed by atoms with Gasteiger partial charge in [0, 0.05) is 11.9 Å². The van der Waals surface area contributed by atoms with E-state index in [1.807, 2.05) is 6.92 Å². The van der Waals surface area contributed by atoms with Crippen molar-refractivity contribution in [2.75, 3.05) is 5.32 Å². The predicted octanol–water partition coefficient (Wildman–Crippen LogP) is 1.20. The first kappa shape index (κ1) is 15.1. The average molecular weight is 266 g/mol. The number of amides is 1. The molecule has 1 unspecified atom stereocenters. The molecular weight excluding hydrogens is 248 g/mol. The highest BCUT2D eigenvalue weighted by Gasteiger charge is 2.29. The summed E-state index contributed by atoms with van der Waals surface area (Å²) in [5, 5.41) is 21.2. The van der Waals surface area contributed by atoms with E-state index < -0.39 is 17.5 Å². The van der Waals surface area contributed by atoms with E-state index in [4.69, 9.17) is 5.11 Å². The van der Waals surface area contributed by atoms with Crippen molar-refractivity contribution in [1.82, 2.24) is 4.98 Å². The molecule has 0 fully saturated rings. The lowest BCUT2D eigenvalue weighted by Gasteiger charge is -2.21. The van der Waals surface area contributed by atoms with Gasteiger partial charge in [0.15, 0.2) is 0 Å². The molecule has 0 aliphatic heterocycles. The van der Waals surface area contributed by atoms with Gasteiger partial charge in [-0.05, 0) is 25.5 Å². The van der Waals surface area contributed by atoms with Crippen LogP contribution in [0.2, 0.25) is 0 Å². The van der Waals surface area contributed by atoms with Crippen molar-refractivity contribution >= 4 is 17.6 Å². The van der Waals surface area contributed by atoms with Crippen LogP contribution >= 0.6 is 0 Å². The highest BCUT2D eigenvalue weighted by Crippen LogP contribution is 2.16. The van der Waals surface area contributed by atoms with Crippen molar-refractivity contribution in [3.63, 3.8) is 0 Å². The van der Waals surface area contributed by atoms with Crippen LogP contribution in [0.4, 0.5) is 5.69 Å². The number of aliphatic hydroxyl groups is 1. The fourth-order valence-electron chi connectivity index (χ4n) is 1.67. The van der Waals surface area contributed by atoms with Crippen molar-refractivity contribution in [2.45, 2.75) is 38.7 Å². The van der Waals surface area contributed by atoms with Gasteiger partial charge >= 0.3 is 5.97 Å². The van der Waals surface area contributed by atoms with Gasteiger partial charge in [-0.25, -0.2) is 0 Å². The summed E-state index contributed by atoms with van der Waals surface area (Å²) < 4.78 is 0. The number of nitrogens with one attached hydrogen (secondary N) is 1. The van der Waals surface area contributed by atoms with Crippen LogP contribution in [0.5, 0.6) is 0 Å². The molecule has 1 heterocycles. The molecule has 0 saturated heterocycles. The molecule has 1 amide bonds. The Morgan fingerprint density at radius 1 is 1.47 bits per heavy atom. The lowest BCUT2D eigenvalue weighted by atomic mass is 9.99. The van der Waals surface area contributed by atoms with E-state index in [-0.39, 0.29) is 6.42 Å². The number of anilines is 1. The minimum atomic E-state index is -1.44. The number of aromatic nitrogens is 1. The number of carboxylic acid groups (broad SMARTS) is 1. The van der Waals surface area contributed by atoms with Gasteiger partial charge in [0.25, 0.3) is 5.91 Å². The Bertz CT molecular complexity index is 471. The van der Waals surface area contributed by atoms with Crippen LogP contribution in [0, 0.1) is 0 Å². The van der Waals surface area contributed by atoms with Crippen molar-refractivity contribution in [3.05, 3.63) is 24.0 Å². The van der Waals surface area contributed by atoms with E-state index in [1.165, 1.54) is 19.2 Å². The Balaban J connectivity index is 2.77. The normalized spacial score (nSPS) is 13.6. The fraction of sp³-hybridized carbons (Fsp3) is 0.462. The lowest BCUT2D eigenvalue weighted by Crippen LogP contribution is -2.39. The number of carbonyl (C=O) groups excluding carboxylic acids is 1. The average Bonchev–Trinajstić information content (AvgIpc) is 2.28. The predicted molar refractivity (Wildman–Crippen MR) is 69.7 cm³/mol.